The van der Waals surface area contributed by atoms with Gasteiger partial charge in [0.2, 0.25) is 0 Å². The molecule has 0 N–H and O–H groups in total. The molecule has 2 fully saturated rings. The topological polar surface area (TPSA) is 68.3 Å². The Hall–Kier alpha value is -2.36. The van der Waals surface area contributed by atoms with E-state index in [1.807, 2.05) is 36.4 Å². The van der Waals surface area contributed by atoms with Gasteiger partial charge in [-0.2, -0.15) is 0 Å². The molecular weight excluding hydrogens is 416 g/mol. The molecular formula is C24H24CuO4. The average molecular weight is 440 g/mol. The molecule has 155 valence electrons. The predicted molar refractivity (Wildman–Crippen MR) is 106 cm³/mol. The van der Waals surface area contributed by atoms with Crippen LogP contribution >= 0.6 is 0 Å². The summed E-state index contributed by atoms with van der Waals surface area (Å²) in [5.74, 6) is -0.520. The molecule has 0 heterocycles. The van der Waals surface area contributed by atoms with E-state index in [1.165, 1.54) is 0 Å². The van der Waals surface area contributed by atoms with Crippen LogP contribution in [0.1, 0.15) is 59.2 Å². The second kappa shape index (κ2) is 11.0. The molecule has 0 aliphatic heterocycles. The van der Waals surface area contributed by atoms with Gasteiger partial charge in [0.25, 0.3) is 0 Å². The molecule has 0 amide bonds. The molecule has 0 spiro atoms. The van der Waals surface area contributed by atoms with Gasteiger partial charge >= 0.3 is 0 Å². The fraction of sp³-hybridized carbons (Fsp3) is 0.333. The molecule has 2 aliphatic carbocycles. The van der Waals surface area contributed by atoms with Crippen LogP contribution in [0.3, 0.4) is 0 Å². The Labute approximate surface area is 181 Å². The van der Waals surface area contributed by atoms with Crippen molar-refractivity contribution in [1.29, 1.82) is 0 Å². The summed E-state index contributed by atoms with van der Waals surface area (Å²) in [5, 5.41) is 0. The maximum Gasteiger partial charge on any atom is 0.173 e. The smallest absolute Gasteiger partial charge is 0.173 e. The first-order chi connectivity index (χ1) is 13.6. The summed E-state index contributed by atoms with van der Waals surface area (Å²) in [4.78, 5) is 46.4. The number of hydrogen-bond donors (Lipinski definition) is 0. The summed E-state index contributed by atoms with van der Waals surface area (Å²) >= 11 is 0. The van der Waals surface area contributed by atoms with E-state index in [0.29, 0.717) is 24.0 Å². The van der Waals surface area contributed by atoms with Gasteiger partial charge in [0.1, 0.15) is 11.6 Å². The minimum atomic E-state index is -0.364. The van der Waals surface area contributed by atoms with Crippen LogP contribution in [-0.4, -0.2) is 23.1 Å². The third kappa shape index (κ3) is 5.81. The van der Waals surface area contributed by atoms with E-state index in [9.17, 15) is 19.2 Å². The maximum absolute atomic E-state index is 11.8. The minimum absolute atomic E-state index is 0. The zero-order valence-corrected chi connectivity index (χ0v) is 17.0. The molecule has 2 unspecified atom stereocenters. The van der Waals surface area contributed by atoms with E-state index < -0.39 is 0 Å². The Morgan fingerprint density at radius 3 is 1.24 bits per heavy atom. The van der Waals surface area contributed by atoms with Crippen LogP contribution < -0.4 is 0 Å². The standard InChI is InChI=1S/2C12H12O2.Cu/c2*13-11-8-4-7-10(11)12(14)9-5-2-1-3-6-9;/h2*1-3,5-6,10H,4,7-8H2;. The van der Waals surface area contributed by atoms with Gasteiger partial charge in [0.15, 0.2) is 11.6 Å². The van der Waals surface area contributed by atoms with Crippen molar-refractivity contribution in [2.75, 3.05) is 0 Å². The third-order valence-electron chi connectivity index (χ3n) is 5.36. The normalized spacial score (nSPS) is 20.4. The summed E-state index contributed by atoms with van der Waals surface area (Å²) in [6.07, 6.45) is 4.33. The average Bonchev–Trinajstić information content (AvgIpc) is 3.37. The van der Waals surface area contributed by atoms with Gasteiger partial charge in [-0.05, 0) is 25.7 Å². The summed E-state index contributed by atoms with van der Waals surface area (Å²) in [6.45, 7) is 0. The van der Waals surface area contributed by atoms with E-state index in [-0.39, 0.29) is 52.0 Å². The van der Waals surface area contributed by atoms with Gasteiger partial charge in [-0.3, -0.25) is 19.2 Å². The zero-order chi connectivity index (χ0) is 19.9. The fourth-order valence-corrected chi connectivity index (χ4v) is 3.79. The van der Waals surface area contributed by atoms with Crippen molar-refractivity contribution in [3.05, 3.63) is 71.8 Å². The van der Waals surface area contributed by atoms with E-state index in [0.717, 1.165) is 25.7 Å². The van der Waals surface area contributed by atoms with Crippen LogP contribution in [0.25, 0.3) is 0 Å². The molecule has 5 heteroatoms. The Balaban J connectivity index is 0.000000200. The Kier molecular flexibility index (Phi) is 8.69. The van der Waals surface area contributed by atoms with Crippen LogP contribution in [0, 0.1) is 11.8 Å². The molecule has 1 radical (unpaired) electrons. The van der Waals surface area contributed by atoms with Crippen molar-refractivity contribution in [3.8, 4) is 0 Å². The third-order valence-corrected chi connectivity index (χ3v) is 5.36. The van der Waals surface area contributed by atoms with Crippen molar-refractivity contribution in [2.45, 2.75) is 38.5 Å². The molecule has 2 aromatic rings. The van der Waals surface area contributed by atoms with E-state index in [2.05, 4.69) is 0 Å². The monoisotopic (exact) mass is 439 g/mol. The van der Waals surface area contributed by atoms with Crippen LogP contribution in [0.4, 0.5) is 0 Å². The first-order valence-corrected chi connectivity index (χ1v) is 9.82. The number of rotatable bonds is 4. The molecule has 0 bridgehead atoms. The number of carbonyl (C=O) groups excluding carboxylic acids is 4. The van der Waals surface area contributed by atoms with Gasteiger partial charge < -0.3 is 0 Å². The van der Waals surface area contributed by atoms with Crippen LogP contribution in [0.15, 0.2) is 60.7 Å². The number of carbonyl (C=O) groups is 4. The largest absolute Gasteiger partial charge is 0.299 e. The first kappa shape index (κ1) is 22.9. The van der Waals surface area contributed by atoms with Crippen molar-refractivity contribution in [2.24, 2.45) is 11.8 Å². The number of Topliss-reactive ketones (excluding diaryl/α,β-unsaturated/α-hetero) is 4. The molecule has 4 rings (SSSR count). The van der Waals surface area contributed by atoms with Gasteiger partial charge in [-0.1, -0.05) is 60.7 Å². The molecule has 2 saturated carbocycles. The predicted octanol–water partition coefficient (Wildman–Crippen LogP) is 4.47. The van der Waals surface area contributed by atoms with Gasteiger partial charge in [0.05, 0.1) is 11.8 Å². The fourth-order valence-electron chi connectivity index (χ4n) is 3.79. The first-order valence-electron chi connectivity index (χ1n) is 9.82. The summed E-state index contributed by atoms with van der Waals surface area (Å²) < 4.78 is 0. The molecule has 29 heavy (non-hydrogen) atoms. The van der Waals surface area contributed by atoms with Gasteiger partial charge in [0, 0.05) is 41.0 Å². The van der Waals surface area contributed by atoms with E-state index in [1.54, 1.807) is 24.3 Å². The quantitative estimate of drug-likeness (QED) is 0.400. The molecule has 0 saturated heterocycles. The molecule has 2 aliphatic rings. The second-order valence-electron chi connectivity index (χ2n) is 7.28. The number of benzene rings is 2. The second-order valence-corrected chi connectivity index (χ2v) is 7.28. The number of ketones is 4. The van der Waals surface area contributed by atoms with Crippen molar-refractivity contribution < 1.29 is 36.2 Å². The SMILES string of the molecule is O=C1CCCC1C(=O)c1ccccc1.O=C1CCCC1C(=O)c1ccccc1.[Cu]. The van der Waals surface area contributed by atoms with Crippen molar-refractivity contribution in [1.82, 2.24) is 0 Å². The van der Waals surface area contributed by atoms with Crippen molar-refractivity contribution in [3.63, 3.8) is 0 Å². The maximum atomic E-state index is 11.8. The van der Waals surface area contributed by atoms with E-state index in [4.69, 9.17) is 0 Å². The number of hydrogen-bond acceptors (Lipinski definition) is 4. The summed E-state index contributed by atoms with van der Waals surface area (Å²) in [6, 6.07) is 18.1. The molecule has 0 aromatic heterocycles. The minimum Gasteiger partial charge on any atom is -0.299 e. The Morgan fingerprint density at radius 1 is 0.621 bits per heavy atom. The van der Waals surface area contributed by atoms with Crippen LogP contribution in [0.2, 0.25) is 0 Å². The molecule has 2 aromatic carbocycles. The van der Waals surface area contributed by atoms with Gasteiger partial charge in [-0.15, -0.1) is 0 Å². The summed E-state index contributed by atoms with van der Waals surface area (Å²) in [5.41, 5.74) is 1.32. The van der Waals surface area contributed by atoms with Crippen LogP contribution in [0.5, 0.6) is 0 Å². The van der Waals surface area contributed by atoms with Crippen molar-refractivity contribution >= 4 is 23.1 Å². The van der Waals surface area contributed by atoms with Crippen LogP contribution in [-0.2, 0) is 26.7 Å². The summed E-state index contributed by atoms with van der Waals surface area (Å²) in [7, 11) is 0. The Morgan fingerprint density at radius 2 is 0.966 bits per heavy atom. The molecule has 4 nitrogen and oxygen atoms in total. The Bertz CT molecular complexity index is 787. The van der Waals surface area contributed by atoms with E-state index >= 15 is 0 Å². The molecule has 2 atom stereocenters. The van der Waals surface area contributed by atoms with Gasteiger partial charge in [-0.25, -0.2) is 0 Å². The zero-order valence-electron chi connectivity index (χ0n) is 16.1.